The van der Waals surface area contributed by atoms with Gasteiger partial charge in [-0.25, -0.2) is 14.5 Å². The summed E-state index contributed by atoms with van der Waals surface area (Å²) in [6.07, 6.45) is -3.31. The maximum Gasteiger partial charge on any atom is 0.573 e. The first kappa shape index (κ1) is 25.6. The molecule has 1 aromatic heterocycles. The van der Waals surface area contributed by atoms with Crippen molar-refractivity contribution >= 4 is 23.4 Å². The number of carbonyl (C=O) groups excluding carboxylic acids is 1. The average Bonchev–Trinajstić information content (AvgIpc) is 3.59. The standard InChI is InChI=1S/C26H22F3N7O3/c1-38-21-10-6-19(7-11-21)35-15-14-30-24(35)33-25(37)32-18-4-2-17(3-5-18)23-31-16-36(34-23)20-8-12-22(13-9-20)39-26(27,28)29/h2-13,16H,14-15H2,1H3,(H2,30,32,33,37). The van der Waals surface area contributed by atoms with Crippen LogP contribution in [0.25, 0.3) is 17.1 Å². The fourth-order valence-electron chi connectivity index (χ4n) is 3.86. The molecule has 200 valence electrons. The van der Waals surface area contributed by atoms with Crippen molar-refractivity contribution in [3.8, 4) is 28.6 Å². The highest BCUT2D eigenvalue weighted by molar-refractivity contribution is 6.06. The molecule has 1 aliphatic rings. The van der Waals surface area contributed by atoms with E-state index in [-0.39, 0.29) is 5.75 Å². The lowest BCUT2D eigenvalue weighted by Gasteiger charge is -2.17. The van der Waals surface area contributed by atoms with Gasteiger partial charge in [0.15, 0.2) is 5.82 Å². The number of rotatable bonds is 6. The van der Waals surface area contributed by atoms with Crippen molar-refractivity contribution in [2.24, 2.45) is 4.99 Å². The van der Waals surface area contributed by atoms with Crippen molar-refractivity contribution < 1.29 is 27.4 Å². The molecule has 1 fully saturated rings. The molecule has 39 heavy (non-hydrogen) atoms. The number of amides is 2. The monoisotopic (exact) mass is 537 g/mol. The van der Waals surface area contributed by atoms with Gasteiger partial charge in [0.05, 0.1) is 12.8 Å². The van der Waals surface area contributed by atoms with Crippen LogP contribution in [0.5, 0.6) is 11.5 Å². The maximum atomic E-state index is 12.6. The number of carbonyl (C=O) groups is 1. The quantitative estimate of drug-likeness (QED) is 0.363. The van der Waals surface area contributed by atoms with E-state index in [4.69, 9.17) is 4.74 Å². The molecule has 2 heterocycles. The number of methoxy groups -OCH3 is 1. The zero-order valence-corrected chi connectivity index (χ0v) is 20.5. The van der Waals surface area contributed by atoms with E-state index in [1.807, 2.05) is 29.2 Å². The molecule has 4 aromatic rings. The minimum Gasteiger partial charge on any atom is -0.497 e. The van der Waals surface area contributed by atoms with Crippen LogP contribution in [0.1, 0.15) is 0 Å². The van der Waals surface area contributed by atoms with Crippen molar-refractivity contribution in [1.82, 2.24) is 20.1 Å². The van der Waals surface area contributed by atoms with Crippen LogP contribution < -0.4 is 25.0 Å². The van der Waals surface area contributed by atoms with Crippen LogP contribution in [0.2, 0.25) is 0 Å². The molecule has 5 rings (SSSR count). The smallest absolute Gasteiger partial charge is 0.497 e. The topological polar surface area (TPSA) is 106 Å². The van der Waals surface area contributed by atoms with Gasteiger partial charge in [-0.05, 0) is 72.8 Å². The number of nitrogens with one attached hydrogen (secondary N) is 2. The van der Waals surface area contributed by atoms with E-state index < -0.39 is 12.4 Å². The van der Waals surface area contributed by atoms with Crippen molar-refractivity contribution in [2.75, 3.05) is 30.4 Å². The lowest BCUT2D eigenvalue weighted by molar-refractivity contribution is -0.274. The molecule has 0 radical (unpaired) electrons. The van der Waals surface area contributed by atoms with Gasteiger partial charge >= 0.3 is 12.4 Å². The molecule has 2 amide bonds. The molecule has 2 N–H and O–H groups in total. The molecule has 3 aromatic carbocycles. The van der Waals surface area contributed by atoms with Gasteiger partial charge in [-0.15, -0.1) is 18.3 Å². The van der Waals surface area contributed by atoms with Crippen molar-refractivity contribution in [1.29, 1.82) is 0 Å². The van der Waals surface area contributed by atoms with Gasteiger partial charge in [-0.3, -0.25) is 0 Å². The second-order valence-corrected chi connectivity index (χ2v) is 8.27. The van der Waals surface area contributed by atoms with Gasteiger partial charge in [0.25, 0.3) is 0 Å². The summed E-state index contributed by atoms with van der Waals surface area (Å²) in [7, 11) is 1.60. The van der Waals surface area contributed by atoms with Crippen LogP contribution >= 0.6 is 0 Å². The first-order valence-electron chi connectivity index (χ1n) is 11.7. The number of aliphatic imine (C=N–C) groups is 1. The zero-order chi connectivity index (χ0) is 27.4. The number of urea groups is 1. The van der Waals surface area contributed by atoms with Crippen LogP contribution in [0, 0.1) is 0 Å². The molecule has 1 saturated heterocycles. The summed E-state index contributed by atoms with van der Waals surface area (Å²) < 4.78 is 47.6. The number of hydrogen-bond acceptors (Lipinski definition) is 5. The van der Waals surface area contributed by atoms with Crippen LogP contribution in [-0.4, -0.2) is 53.3 Å². The molecule has 0 spiro atoms. The van der Waals surface area contributed by atoms with Crippen molar-refractivity contribution in [3.05, 3.63) is 79.1 Å². The highest BCUT2D eigenvalue weighted by Crippen LogP contribution is 2.25. The van der Waals surface area contributed by atoms with E-state index in [2.05, 4.69) is 30.4 Å². The van der Waals surface area contributed by atoms with Crippen LogP contribution in [0.15, 0.2) is 84.1 Å². The van der Waals surface area contributed by atoms with Gasteiger partial charge in [0, 0.05) is 30.0 Å². The van der Waals surface area contributed by atoms with Crippen LogP contribution in [0.3, 0.4) is 0 Å². The molecule has 0 unspecified atom stereocenters. The number of anilines is 2. The molecule has 0 saturated carbocycles. The number of halogens is 3. The summed E-state index contributed by atoms with van der Waals surface area (Å²) >= 11 is 0. The summed E-state index contributed by atoms with van der Waals surface area (Å²) in [6, 6.07) is 19.1. The molecule has 1 aliphatic heterocycles. The van der Waals surface area contributed by atoms with Crippen molar-refractivity contribution in [3.63, 3.8) is 0 Å². The lowest BCUT2D eigenvalue weighted by atomic mass is 10.2. The van der Waals surface area contributed by atoms with E-state index in [1.54, 1.807) is 31.4 Å². The minimum absolute atomic E-state index is 0.327. The first-order valence-corrected chi connectivity index (χ1v) is 11.7. The predicted molar refractivity (Wildman–Crippen MR) is 138 cm³/mol. The number of benzene rings is 3. The highest BCUT2D eigenvalue weighted by Gasteiger charge is 2.31. The van der Waals surface area contributed by atoms with Gasteiger partial charge in [-0.1, -0.05) is 0 Å². The lowest BCUT2D eigenvalue weighted by Crippen LogP contribution is -2.31. The number of hydrogen-bond donors (Lipinski definition) is 2. The third-order valence-corrected chi connectivity index (χ3v) is 5.69. The van der Waals surface area contributed by atoms with E-state index in [0.29, 0.717) is 41.8 Å². The number of aromatic nitrogens is 3. The Labute approximate surface area is 220 Å². The Morgan fingerprint density at radius 2 is 1.64 bits per heavy atom. The Balaban J connectivity index is 1.22. The molecular formula is C26H22F3N7O3. The summed E-state index contributed by atoms with van der Waals surface area (Å²) in [5.74, 6) is 1.25. The number of alkyl halides is 3. The number of ether oxygens (including phenoxy) is 2. The summed E-state index contributed by atoms with van der Waals surface area (Å²) in [5, 5.41) is 10.2. The largest absolute Gasteiger partial charge is 0.573 e. The predicted octanol–water partition coefficient (Wildman–Crippen LogP) is 4.84. The third-order valence-electron chi connectivity index (χ3n) is 5.69. The summed E-state index contributed by atoms with van der Waals surface area (Å²) in [4.78, 5) is 22.9. The third kappa shape index (κ3) is 6.26. The van der Waals surface area contributed by atoms with E-state index >= 15 is 0 Å². The fraction of sp³-hybridized carbons (Fsp3) is 0.154. The number of nitrogens with zero attached hydrogens (tertiary/aromatic N) is 5. The Bertz CT molecular complexity index is 1470. The Kier molecular flexibility index (Phi) is 7.04. The van der Waals surface area contributed by atoms with E-state index in [9.17, 15) is 18.0 Å². The normalized spacial score (nSPS) is 14.3. The molecule has 13 heteroatoms. The van der Waals surface area contributed by atoms with Crippen LogP contribution in [0.4, 0.5) is 29.3 Å². The summed E-state index contributed by atoms with van der Waals surface area (Å²) in [6.45, 7) is 1.32. The average molecular weight is 538 g/mol. The minimum atomic E-state index is -4.76. The fourth-order valence-corrected chi connectivity index (χ4v) is 3.86. The molecule has 10 nitrogen and oxygen atoms in total. The highest BCUT2D eigenvalue weighted by atomic mass is 19.4. The van der Waals surface area contributed by atoms with Gasteiger partial charge < -0.3 is 25.0 Å². The first-order chi connectivity index (χ1) is 18.8. The second-order valence-electron chi connectivity index (χ2n) is 8.27. The Morgan fingerprint density at radius 1 is 0.974 bits per heavy atom. The second kappa shape index (κ2) is 10.7. The van der Waals surface area contributed by atoms with Crippen molar-refractivity contribution in [2.45, 2.75) is 6.36 Å². The molecule has 0 bridgehead atoms. The van der Waals surface area contributed by atoms with Gasteiger partial charge in [-0.2, -0.15) is 4.99 Å². The Hall–Kier alpha value is -5.07. The van der Waals surface area contributed by atoms with Gasteiger partial charge in [0.2, 0.25) is 5.96 Å². The molecular weight excluding hydrogens is 515 g/mol. The van der Waals surface area contributed by atoms with Crippen LogP contribution in [-0.2, 0) is 0 Å². The van der Waals surface area contributed by atoms with E-state index in [1.165, 1.54) is 35.3 Å². The molecule has 0 aliphatic carbocycles. The zero-order valence-electron chi connectivity index (χ0n) is 20.5. The number of guanidine groups is 1. The van der Waals surface area contributed by atoms with Gasteiger partial charge in [0.1, 0.15) is 17.8 Å². The maximum absolute atomic E-state index is 12.6. The summed E-state index contributed by atoms with van der Waals surface area (Å²) in [5.41, 5.74) is 2.60. The van der Waals surface area contributed by atoms with E-state index in [0.717, 1.165) is 11.4 Å². The Morgan fingerprint density at radius 3 is 2.31 bits per heavy atom. The molecule has 0 atom stereocenters. The SMILES string of the molecule is COc1ccc(N2CCN/C2=N\C(=O)Nc2ccc(-c3ncn(-c4ccc(OC(F)(F)F)cc4)n3)cc2)cc1.